The van der Waals surface area contributed by atoms with Gasteiger partial charge >= 0.3 is 24.4 Å². The van der Waals surface area contributed by atoms with Crippen LogP contribution in [0.15, 0.2) is 182 Å². The van der Waals surface area contributed by atoms with E-state index in [0.29, 0.717) is 63.3 Å². The quantitative estimate of drug-likeness (QED) is 0.0768. The van der Waals surface area contributed by atoms with Crippen LogP contribution in [0.4, 0.5) is 31.1 Å². The minimum Gasteiger partial charge on any atom is -0.508 e. The number of phenolic OH excluding ortho intramolecular Hbond substituents is 1. The molecule has 10 rings (SSSR count). The molecule has 1 saturated heterocycles. The van der Waals surface area contributed by atoms with Gasteiger partial charge in [-0.2, -0.15) is 26.3 Å². The molecule has 2 amide bonds. The topological polar surface area (TPSA) is 212 Å². The summed E-state index contributed by atoms with van der Waals surface area (Å²) in [5, 5.41) is 35.6. The number of cyclic esters (lactones) is 1. The number of carboxylic acid groups (broad SMARTS) is 1. The molecule has 0 radical (unpaired) electrons. The van der Waals surface area contributed by atoms with Gasteiger partial charge in [0, 0.05) is 52.6 Å². The number of aliphatic hydroxyl groups is 1. The van der Waals surface area contributed by atoms with Crippen molar-refractivity contribution in [2.24, 2.45) is 0 Å². The molecule has 3 atom stereocenters. The molecule has 9 aromatic rings. The number of ether oxygens (including phenoxy) is 2. The fraction of sp³-hybridized carbons (Fsp3) is 0.266. The first-order chi connectivity index (χ1) is 38.7. The number of aromatic hydroxyl groups is 1. The van der Waals surface area contributed by atoms with Crippen LogP contribution in [0.5, 0.6) is 11.5 Å². The Kier molecular flexibility index (Phi) is 24.3. The number of carboxylic acids is 1. The number of furan rings is 2. The molecule has 4 aromatic heterocycles. The summed E-state index contributed by atoms with van der Waals surface area (Å²) in [6.45, 7) is 3.66. The molecule has 0 aliphatic carbocycles. The predicted molar refractivity (Wildman–Crippen MR) is 305 cm³/mol. The molecule has 5 aromatic carbocycles. The minimum absolute atomic E-state index is 0. The Labute approximate surface area is 488 Å². The maximum Gasteiger partial charge on any atom is 0.416 e. The number of carbonyl (C=O) groups is 3. The van der Waals surface area contributed by atoms with E-state index in [1.54, 1.807) is 86.6 Å². The van der Waals surface area contributed by atoms with Crippen molar-refractivity contribution >= 4 is 18.0 Å². The normalized spacial score (nSPS) is 13.4. The molecule has 3 N–H and O–H groups in total. The van der Waals surface area contributed by atoms with Crippen LogP contribution in [0.25, 0.3) is 22.6 Å². The van der Waals surface area contributed by atoms with Crippen LogP contribution >= 0.6 is 0 Å². The predicted octanol–water partition coefficient (Wildman–Crippen LogP) is 16.3. The number of aryl methyl sites for hydroxylation is 2. The molecular weight excluding hydrogens is 1120 g/mol. The molecule has 0 spiro atoms. The van der Waals surface area contributed by atoms with Gasteiger partial charge < -0.3 is 42.7 Å². The summed E-state index contributed by atoms with van der Waals surface area (Å²) in [4.78, 5) is 37.9. The number of hydrogen-bond donors (Lipinski definition) is 3. The van der Waals surface area contributed by atoms with Crippen LogP contribution in [0.3, 0.4) is 0 Å². The monoisotopic (exact) mass is 1180 g/mol. The fourth-order valence-electron chi connectivity index (χ4n) is 8.78. The Morgan fingerprint density at radius 3 is 1.56 bits per heavy atom. The number of hydrogen-bond acceptors (Lipinski definition) is 13. The van der Waals surface area contributed by atoms with Crippen molar-refractivity contribution in [2.45, 2.75) is 106 Å². The standard InChI is InChI=1S/C25H20F3NO5.C22H20N2O5.C13H11F3O2.4CH4/c1-15-18(12-23(34-15)17-2-6-19(7-3-17)25(26,27)28)14-32-20-8-4-16(5-9-20)21(13-24(30)31)22-10-11-33-29-22;25-18-8-6-16(7-9-18)19(20-10-11-29-23-20)13-21(26)24-17(14-28-22(24)27)12-15-4-2-1-3-5-15;1-8-10(7-17)6-12(18-8)9-2-4-11(5-3-9)13(14,15)16;;;;/h2-12,21H,13-14H2,1H3,(H,30,31);1-11,17,19,25H,12-14H2;2-6,17H,7H2,1H3;4*1H4/t21-;17-,19-;;;;;/m00...../s1. The van der Waals surface area contributed by atoms with E-state index in [1.165, 1.54) is 41.7 Å². The minimum atomic E-state index is -4.39. The lowest BCUT2D eigenvalue weighted by molar-refractivity contribution is -0.138. The zero-order chi connectivity index (χ0) is 57.8. The summed E-state index contributed by atoms with van der Waals surface area (Å²) in [6, 6.07) is 39.1. The molecule has 15 nitrogen and oxygen atoms in total. The number of carbonyl (C=O) groups excluding carboxylic acids is 2. The van der Waals surface area contributed by atoms with Gasteiger partial charge in [-0.3, -0.25) is 9.59 Å². The van der Waals surface area contributed by atoms with Crippen LogP contribution in [-0.2, 0) is 46.3 Å². The number of nitrogens with zero attached hydrogens (tertiary/aromatic N) is 3. The number of aliphatic carboxylic acids is 1. The number of phenols is 1. The van der Waals surface area contributed by atoms with Crippen molar-refractivity contribution < 1.29 is 83.4 Å². The molecule has 1 aliphatic rings. The number of rotatable bonds is 16. The number of benzene rings is 5. The van der Waals surface area contributed by atoms with Gasteiger partial charge in [-0.1, -0.05) is 119 Å². The van der Waals surface area contributed by atoms with Crippen LogP contribution in [-0.4, -0.2) is 61.2 Å². The lowest BCUT2D eigenvalue weighted by atomic mass is 9.91. The molecule has 452 valence electrons. The van der Waals surface area contributed by atoms with Gasteiger partial charge in [0.05, 0.1) is 41.6 Å². The van der Waals surface area contributed by atoms with E-state index < -0.39 is 47.4 Å². The Morgan fingerprint density at radius 2 is 1.12 bits per heavy atom. The number of halogens is 6. The molecule has 1 fully saturated rings. The summed E-state index contributed by atoms with van der Waals surface area (Å²) < 4.78 is 107. The Hall–Kier alpha value is -9.37. The van der Waals surface area contributed by atoms with Gasteiger partial charge in [-0.25, -0.2) is 9.69 Å². The molecule has 5 heterocycles. The van der Waals surface area contributed by atoms with Crippen molar-refractivity contribution in [3.8, 4) is 34.1 Å². The number of aromatic nitrogens is 2. The zero-order valence-corrected chi connectivity index (χ0v) is 43.2. The lowest BCUT2D eigenvalue weighted by Gasteiger charge is -2.22. The second-order valence-electron chi connectivity index (χ2n) is 18.6. The van der Waals surface area contributed by atoms with Crippen molar-refractivity contribution in [3.63, 3.8) is 0 Å². The molecule has 0 bridgehead atoms. The van der Waals surface area contributed by atoms with Gasteiger partial charge in [0.25, 0.3) is 0 Å². The highest BCUT2D eigenvalue weighted by Gasteiger charge is 2.39. The summed E-state index contributed by atoms with van der Waals surface area (Å²) in [5.74, 6) is 0.600. The van der Waals surface area contributed by atoms with E-state index >= 15 is 0 Å². The van der Waals surface area contributed by atoms with Gasteiger partial charge in [0.15, 0.2) is 0 Å². The Balaban J connectivity index is 0.000000278. The van der Waals surface area contributed by atoms with E-state index in [0.717, 1.165) is 46.5 Å². The highest BCUT2D eigenvalue weighted by Crippen LogP contribution is 2.36. The molecule has 0 unspecified atom stereocenters. The van der Waals surface area contributed by atoms with E-state index in [2.05, 4.69) is 10.3 Å². The number of imide groups is 1. The highest BCUT2D eigenvalue weighted by molar-refractivity contribution is 5.94. The van der Waals surface area contributed by atoms with Crippen LogP contribution < -0.4 is 4.74 Å². The van der Waals surface area contributed by atoms with Crippen molar-refractivity contribution in [1.29, 1.82) is 0 Å². The lowest BCUT2D eigenvalue weighted by Crippen LogP contribution is -2.40. The summed E-state index contributed by atoms with van der Waals surface area (Å²) in [6.07, 6.45) is -6.09. The molecule has 1 aliphatic heterocycles. The average Bonchev–Trinajstić information content (AvgIpc) is 4.54. The summed E-state index contributed by atoms with van der Waals surface area (Å²) in [7, 11) is 0. The van der Waals surface area contributed by atoms with Gasteiger partial charge in [-0.05, 0) is 97.6 Å². The van der Waals surface area contributed by atoms with E-state index in [9.17, 15) is 50.9 Å². The first-order valence-electron chi connectivity index (χ1n) is 25.0. The third-order valence-corrected chi connectivity index (χ3v) is 13.1. The number of alkyl halides is 6. The van der Waals surface area contributed by atoms with Crippen molar-refractivity contribution in [3.05, 3.63) is 226 Å². The zero-order valence-electron chi connectivity index (χ0n) is 43.2. The van der Waals surface area contributed by atoms with Gasteiger partial charge in [-0.15, -0.1) is 0 Å². The SMILES string of the molecule is C.C.C.C.Cc1oc(-c2ccc(C(F)(F)F)cc2)cc1CO.Cc1oc(-c2ccc(C(F)(F)F)cc2)cc1COc1ccc([C@H](CC(=O)O)c2ccon2)cc1.O=C(C[C@@H](c1ccc(O)cc1)c1ccon1)N1C(=O)OC[C@@H]1Cc1ccccc1. The number of aliphatic hydroxyl groups excluding tert-OH is 1. The Morgan fingerprint density at radius 1 is 0.647 bits per heavy atom. The third kappa shape index (κ3) is 17.8. The maximum absolute atomic E-state index is 13.1. The van der Waals surface area contributed by atoms with E-state index in [4.69, 9.17) is 32.5 Å². The van der Waals surface area contributed by atoms with Crippen LogP contribution in [0.2, 0.25) is 0 Å². The average molecular weight is 1180 g/mol. The van der Waals surface area contributed by atoms with Gasteiger partial charge in [0.2, 0.25) is 5.91 Å². The summed E-state index contributed by atoms with van der Waals surface area (Å²) >= 11 is 0. The number of amides is 2. The molecular formula is C64H67F6N3O12. The van der Waals surface area contributed by atoms with E-state index in [-0.39, 0.29) is 80.1 Å². The van der Waals surface area contributed by atoms with Crippen molar-refractivity contribution in [1.82, 2.24) is 15.2 Å². The van der Waals surface area contributed by atoms with Crippen molar-refractivity contribution in [2.75, 3.05) is 6.61 Å². The van der Waals surface area contributed by atoms with Gasteiger partial charge in [0.1, 0.15) is 60.3 Å². The first-order valence-corrected chi connectivity index (χ1v) is 25.0. The second-order valence-corrected chi connectivity index (χ2v) is 18.6. The highest BCUT2D eigenvalue weighted by atomic mass is 19.4. The van der Waals surface area contributed by atoms with Crippen LogP contribution in [0.1, 0.15) is 116 Å². The maximum atomic E-state index is 13.1. The second kappa shape index (κ2) is 30.3. The van der Waals surface area contributed by atoms with Crippen LogP contribution in [0, 0.1) is 13.8 Å². The first kappa shape index (κ1) is 68.1. The summed E-state index contributed by atoms with van der Waals surface area (Å²) in [5.41, 5.74) is 4.73. The Bertz CT molecular complexity index is 3470. The smallest absolute Gasteiger partial charge is 0.416 e. The molecule has 85 heavy (non-hydrogen) atoms. The molecule has 0 saturated carbocycles. The van der Waals surface area contributed by atoms with E-state index in [1.807, 2.05) is 30.3 Å². The largest absolute Gasteiger partial charge is 0.508 e. The third-order valence-electron chi connectivity index (χ3n) is 13.1. The fourth-order valence-corrected chi connectivity index (χ4v) is 8.78. The molecule has 21 heteroatoms.